The number of piperidine rings is 1. The third kappa shape index (κ3) is 4.71. The normalized spacial score (nSPS) is 17.2. The molecule has 0 saturated carbocycles. The molecule has 0 bridgehead atoms. The van der Waals surface area contributed by atoms with Crippen LogP contribution in [0.15, 0.2) is 71.3 Å². The molecule has 4 rings (SSSR count). The van der Waals surface area contributed by atoms with Gasteiger partial charge in [-0.3, -0.25) is 9.59 Å². The van der Waals surface area contributed by atoms with E-state index in [-0.39, 0.29) is 23.8 Å². The maximum absolute atomic E-state index is 13.3. The monoisotopic (exact) mass is 416 g/mol. The highest BCUT2D eigenvalue weighted by molar-refractivity contribution is 5.92. The largest absolute Gasteiger partial charge is 0.459 e. The number of carbonyl (C=O) groups is 2. The maximum atomic E-state index is 13.3. The smallest absolute Gasteiger partial charge is 0.289 e. The molecule has 2 atom stereocenters. The maximum Gasteiger partial charge on any atom is 0.289 e. The zero-order valence-electron chi connectivity index (χ0n) is 18.0. The van der Waals surface area contributed by atoms with Gasteiger partial charge in [0.1, 0.15) is 0 Å². The van der Waals surface area contributed by atoms with Crippen LogP contribution in [-0.4, -0.2) is 29.8 Å². The van der Waals surface area contributed by atoms with Crippen LogP contribution in [0.4, 0.5) is 0 Å². The summed E-state index contributed by atoms with van der Waals surface area (Å²) in [5.74, 6) is -0.107. The summed E-state index contributed by atoms with van der Waals surface area (Å²) in [5, 5.41) is 3.26. The topological polar surface area (TPSA) is 62.6 Å². The zero-order chi connectivity index (χ0) is 21.8. The number of benzene rings is 2. The molecule has 0 radical (unpaired) electrons. The van der Waals surface area contributed by atoms with Crippen LogP contribution < -0.4 is 5.32 Å². The van der Waals surface area contributed by atoms with E-state index in [0.29, 0.717) is 18.8 Å². The minimum atomic E-state index is -0.245. The van der Waals surface area contributed by atoms with Gasteiger partial charge in [-0.05, 0) is 61.1 Å². The summed E-state index contributed by atoms with van der Waals surface area (Å²) < 4.78 is 5.25. The SMILES string of the molecule is Cc1ccc([C@H](NC(=O)[C@@H]2CCCN(C(=O)c3ccco3)C2)c2ccccc2)cc1C. The second kappa shape index (κ2) is 9.21. The molecule has 1 aromatic heterocycles. The fourth-order valence-corrected chi connectivity index (χ4v) is 4.14. The van der Waals surface area contributed by atoms with Gasteiger partial charge in [0.15, 0.2) is 5.76 Å². The summed E-state index contributed by atoms with van der Waals surface area (Å²) in [5.41, 5.74) is 4.52. The van der Waals surface area contributed by atoms with Crippen LogP contribution in [0.2, 0.25) is 0 Å². The molecule has 5 nitrogen and oxygen atoms in total. The van der Waals surface area contributed by atoms with Gasteiger partial charge in [-0.15, -0.1) is 0 Å². The van der Waals surface area contributed by atoms with Crippen LogP contribution in [0.5, 0.6) is 0 Å². The van der Waals surface area contributed by atoms with E-state index in [1.54, 1.807) is 17.0 Å². The summed E-state index contributed by atoms with van der Waals surface area (Å²) in [7, 11) is 0. The average molecular weight is 417 g/mol. The standard InChI is InChI=1S/C26H28N2O3/c1-18-12-13-21(16-19(18)2)24(20-8-4-3-5-9-20)27-25(29)22-10-6-14-28(17-22)26(30)23-11-7-15-31-23/h3-5,7-9,11-13,15-16,22,24H,6,10,14,17H2,1-2H3,(H,27,29)/t22-,24-/m1/s1. The highest BCUT2D eigenvalue weighted by atomic mass is 16.3. The van der Waals surface area contributed by atoms with Gasteiger partial charge in [-0.1, -0.05) is 48.5 Å². The van der Waals surface area contributed by atoms with Gasteiger partial charge in [0, 0.05) is 13.1 Å². The van der Waals surface area contributed by atoms with Crippen molar-refractivity contribution >= 4 is 11.8 Å². The Morgan fingerprint density at radius 3 is 2.52 bits per heavy atom. The number of rotatable bonds is 5. The van der Waals surface area contributed by atoms with E-state index in [4.69, 9.17) is 4.42 Å². The van der Waals surface area contributed by atoms with Gasteiger partial charge in [-0.2, -0.15) is 0 Å². The third-order valence-corrected chi connectivity index (χ3v) is 6.10. The number of likely N-dealkylation sites (tertiary alicyclic amines) is 1. The fraction of sp³-hybridized carbons (Fsp3) is 0.308. The van der Waals surface area contributed by atoms with Gasteiger partial charge in [0.25, 0.3) is 5.91 Å². The van der Waals surface area contributed by atoms with Crippen LogP contribution in [0.3, 0.4) is 0 Å². The number of nitrogens with one attached hydrogen (secondary N) is 1. The lowest BCUT2D eigenvalue weighted by Gasteiger charge is -2.32. The molecule has 5 heteroatoms. The number of aryl methyl sites for hydroxylation is 2. The van der Waals surface area contributed by atoms with E-state index < -0.39 is 0 Å². The number of hydrogen-bond donors (Lipinski definition) is 1. The van der Waals surface area contributed by atoms with Crippen LogP contribution in [-0.2, 0) is 4.79 Å². The molecule has 1 saturated heterocycles. The molecule has 0 spiro atoms. The van der Waals surface area contributed by atoms with Crippen LogP contribution in [0.25, 0.3) is 0 Å². The van der Waals surface area contributed by atoms with Crippen molar-refractivity contribution in [3.05, 3.63) is 94.9 Å². The first-order chi connectivity index (χ1) is 15.0. The van der Waals surface area contributed by atoms with Gasteiger partial charge in [0.05, 0.1) is 18.2 Å². The van der Waals surface area contributed by atoms with Crippen molar-refractivity contribution < 1.29 is 14.0 Å². The Labute approximate surface area is 183 Å². The van der Waals surface area contributed by atoms with E-state index in [0.717, 1.165) is 24.0 Å². The lowest BCUT2D eigenvalue weighted by Crippen LogP contribution is -2.46. The number of amides is 2. The molecule has 1 fully saturated rings. The Bertz CT molecular complexity index is 1040. The molecule has 2 amide bonds. The Morgan fingerprint density at radius 1 is 1.00 bits per heavy atom. The lowest BCUT2D eigenvalue weighted by molar-refractivity contribution is -0.126. The van der Waals surface area contributed by atoms with E-state index in [2.05, 4.69) is 37.4 Å². The number of furan rings is 1. The van der Waals surface area contributed by atoms with Crippen molar-refractivity contribution in [2.45, 2.75) is 32.7 Å². The van der Waals surface area contributed by atoms with Crippen LogP contribution in [0.1, 0.15) is 51.7 Å². The van der Waals surface area contributed by atoms with E-state index in [9.17, 15) is 9.59 Å². The molecule has 160 valence electrons. The highest BCUT2D eigenvalue weighted by Crippen LogP contribution is 2.26. The predicted molar refractivity (Wildman–Crippen MR) is 120 cm³/mol. The third-order valence-electron chi connectivity index (χ3n) is 6.10. The summed E-state index contributed by atoms with van der Waals surface area (Å²) in [4.78, 5) is 27.7. The first-order valence-electron chi connectivity index (χ1n) is 10.8. The Kier molecular flexibility index (Phi) is 6.21. The zero-order valence-corrected chi connectivity index (χ0v) is 18.0. The minimum absolute atomic E-state index is 0.0240. The molecule has 3 aromatic rings. The number of carbonyl (C=O) groups excluding carboxylic acids is 2. The quantitative estimate of drug-likeness (QED) is 0.658. The van der Waals surface area contributed by atoms with Gasteiger partial charge in [-0.25, -0.2) is 0 Å². The molecular formula is C26H28N2O3. The number of nitrogens with zero attached hydrogens (tertiary/aromatic N) is 1. The first-order valence-corrected chi connectivity index (χ1v) is 10.8. The molecular weight excluding hydrogens is 388 g/mol. The average Bonchev–Trinajstić information content (AvgIpc) is 3.34. The number of hydrogen-bond acceptors (Lipinski definition) is 3. The molecule has 1 N–H and O–H groups in total. The van der Waals surface area contributed by atoms with E-state index in [1.165, 1.54) is 17.4 Å². The van der Waals surface area contributed by atoms with E-state index in [1.807, 2.05) is 30.3 Å². The molecule has 1 aliphatic heterocycles. The van der Waals surface area contributed by atoms with Gasteiger partial charge < -0.3 is 14.6 Å². The van der Waals surface area contributed by atoms with Crippen molar-refractivity contribution in [1.82, 2.24) is 10.2 Å². The summed E-state index contributed by atoms with van der Waals surface area (Å²) >= 11 is 0. The Hall–Kier alpha value is -3.34. The molecule has 2 heterocycles. The predicted octanol–water partition coefficient (Wildman–Crippen LogP) is 4.65. The van der Waals surface area contributed by atoms with Crippen molar-refractivity contribution in [3.8, 4) is 0 Å². The Balaban J connectivity index is 1.53. The fourth-order valence-electron chi connectivity index (χ4n) is 4.14. The van der Waals surface area contributed by atoms with Crippen LogP contribution >= 0.6 is 0 Å². The molecule has 31 heavy (non-hydrogen) atoms. The molecule has 0 aliphatic carbocycles. The second-order valence-corrected chi connectivity index (χ2v) is 8.26. The highest BCUT2D eigenvalue weighted by Gasteiger charge is 2.31. The minimum Gasteiger partial charge on any atom is -0.459 e. The van der Waals surface area contributed by atoms with Gasteiger partial charge >= 0.3 is 0 Å². The Morgan fingerprint density at radius 2 is 1.81 bits per heavy atom. The molecule has 1 aliphatic rings. The lowest BCUT2D eigenvalue weighted by atomic mass is 9.93. The first kappa shape index (κ1) is 20.9. The summed E-state index contributed by atoms with van der Waals surface area (Å²) in [6.07, 6.45) is 3.06. The van der Waals surface area contributed by atoms with Crippen molar-refractivity contribution in [1.29, 1.82) is 0 Å². The molecule has 2 aromatic carbocycles. The summed E-state index contributed by atoms with van der Waals surface area (Å²) in [6.45, 7) is 5.21. The van der Waals surface area contributed by atoms with Crippen LogP contribution in [0, 0.1) is 19.8 Å². The van der Waals surface area contributed by atoms with Crippen molar-refractivity contribution in [3.63, 3.8) is 0 Å². The molecule has 0 unspecified atom stereocenters. The van der Waals surface area contributed by atoms with Crippen molar-refractivity contribution in [2.75, 3.05) is 13.1 Å². The second-order valence-electron chi connectivity index (χ2n) is 8.26. The van der Waals surface area contributed by atoms with Gasteiger partial charge in [0.2, 0.25) is 5.91 Å². The van der Waals surface area contributed by atoms with E-state index >= 15 is 0 Å². The summed E-state index contributed by atoms with van der Waals surface area (Å²) in [6, 6.07) is 19.5. The van der Waals surface area contributed by atoms with Crippen molar-refractivity contribution in [2.24, 2.45) is 5.92 Å².